The van der Waals surface area contributed by atoms with Crippen LogP contribution in [-0.4, -0.2) is 0 Å². The van der Waals surface area contributed by atoms with Crippen molar-refractivity contribution in [3.8, 4) is 0 Å². The molecule has 0 amide bonds. The molecule has 0 heteroatoms. The Morgan fingerprint density at radius 1 is 1.29 bits per heavy atom. The van der Waals surface area contributed by atoms with Gasteiger partial charge in [-0.3, -0.25) is 0 Å². The Kier molecular flexibility index (Phi) is 3.36. The number of rotatable bonds is 2. The minimum atomic E-state index is 0.425. The maximum atomic E-state index is 4.13. The molecule has 1 aliphatic carbocycles. The fourth-order valence-electron chi connectivity index (χ4n) is 1.96. The highest BCUT2D eigenvalue weighted by atomic mass is 14.3. The summed E-state index contributed by atoms with van der Waals surface area (Å²) in [7, 11) is 0. The summed E-state index contributed by atoms with van der Waals surface area (Å²) < 4.78 is 0. The largest absolute Gasteiger partial charge is 0.0955 e. The van der Waals surface area contributed by atoms with Gasteiger partial charge in [0.05, 0.1) is 0 Å². The lowest BCUT2D eigenvalue weighted by atomic mass is 9.91. The molecular weight excluding hydrogens is 168 g/mol. The van der Waals surface area contributed by atoms with Gasteiger partial charge in [0.15, 0.2) is 0 Å². The molecule has 1 rings (SSSR count). The van der Waals surface area contributed by atoms with Crippen LogP contribution in [-0.2, 0) is 0 Å². The molecule has 0 radical (unpaired) electrons. The second kappa shape index (κ2) is 4.16. The lowest BCUT2D eigenvalue weighted by Crippen LogP contribution is -2.02. The topological polar surface area (TPSA) is 0 Å². The van der Waals surface area contributed by atoms with Crippen LogP contribution in [0.15, 0.2) is 36.0 Å². The van der Waals surface area contributed by atoms with Gasteiger partial charge in [-0.15, -0.1) is 0 Å². The van der Waals surface area contributed by atoms with Crippen LogP contribution in [0.1, 0.15) is 40.5 Å². The molecule has 1 saturated carbocycles. The molecule has 0 nitrogen and oxygen atoms in total. The van der Waals surface area contributed by atoms with E-state index in [2.05, 4.69) is 52.5 Å². The Morgan fingerprint density at radius 3 is 2.36 bits per heavy atom. The Balaban J connectivity index is 2.66. The molecule has 0 spiro atoms. The molecule has 0 N–H and O–H groups in total. The maximum Gasteiger partial charge on any atom is -0.0222 e. The molecule has 0 aliphatic heterocycles. The van der Waals surface area contributed by atoms with Gasteiger partial charge in [-0.1, -0.05) is 58.1 Å². The van der Waals surface area contributed by atoms with Crippen LogP contribution in [0.2, 0.25) is 0 Å². The zero-order valence-corrected chi connectivity index (χ0v) is 9.93. The summed E-state index contributed by atoms with van der Waals surface area (Å²) in [6.45, 7) is 13.1. The van der Waals surface area contributed by atoms with Crippen LogP contribution in [0.5, 0.6) is 0 Å². The molecule has 0 aromatic rings. The molecule has 0 unspecified atom stereocenters. The number of allylic oxidation sites excluding steroid dienone is 5. The first-order chi connectivity index (χ1) is 6.41. The third-order valence-corrected chi connectivity index (χ3v) is 2.61. The lowest BCUT2D eigenvalue weighted by molar-refractivity contribution is 0.402. The van der Waals surface area contributed by atoms with Gasteiger partial charge in [0, 0.05) is 0 Å². The second-order valence-electron chi connectivity index (χ2n) is 5.44. The van der Waals surface area contributed by atoms with Crippen molar-refractivity contribution < 1.29 is 0 Å². The lowest BCUT2D eigenvalue weighted by Gasteiger charge is -2.13. The minimum absolute atomic E-state index is 0.425. The van der Waals surface area contributed by atoms with Gasteiger partial charge in [0.2, 0.25) is 0 Å². The summed E-state index contributed by atoms with van der Waals surface area (Å²) in [4.78, 5) is 0. The van der Waals surface area contributed by atoms with E-state index in [4.69, 9.17) is 0 Å². The number of hydrogen-bond donors (Lipinski definition) is 0. The summed E-state index contributed by atoms with van der Waals surface area (Å²) in [6, 6.07) is 0. The molecule has 0 atom stereocenters. The van der Waals surface area contributed by atoms with Crippen LogP contribution in [0.4, 0.5) is 0 Å². The van der Waals surface area contributed by atoms with Crippen LogP contribution in [0.25, 0.3) is 0 Å². The van der Waals surface area contributed by atoms with Crippen LogP contribution in [0.3, 0.4) is 0 Å². The van der Waals surface area contributed by atoms with Gasteiger partial charge in [0.25, 0.3) is 0 Å². The van der Waals surface area contributed by atoms with E-state index in [-0.39, 0.29) is 0 Å². The predicted octanol–water partition coefficient (Wildman–Crippen LogP) is 4.50. The van der Waals surface area contributed by atoms with Crippen molar-refractivity contribution in [1.29, 1.82) is 0 Å². The van der Waals surface area contributed by atoms with Crippen LogP contribution in [0, 0.1) is 11.3 Å². The highest BCUT2D eigenvalue weighted by Gasteiger charge is 2.28. The van der Waals surface area contributed by atoms with E-state index in [0.717, 1.165) is 6.42 Å². The van der Waals surface area contributed by atoms with Gasteiger partial charge in [-0.2, -0.15) is 0 Å². The van der Waals surface area contributed by atoms with Crippen LogP contribution < -0.4 is 0 Å². The predicted molar refractivity (Wildman–Crippen MR) is 64.2 cm³/mol. The number of hydrogen-bond acceptors (Lipinski definition) is 0. The van der Waals surface area contributed by atoms with Crippen LogP contribution >= 0.6 is 0 Å². The first kappa shape index (κ1) is 11.3. The Morgan fingerprint density at radius 2 is 1.93 bits per heavy atom. The summed E-state index contributed by atoms with van der Waals surface area (Å²) in [5.41, 5.74) is 3.18. The van der Waals surface area contributed by atoms with E-state index in [0.29, 0.717) is 11.3 Å². The molecule has 0 aromatic carbocycles. The van der Waals surface area contributed by atoms with E-state index in [1.54, 1.807) is 0 Å². The average Bonchev–Trinajstić information content (AvgIpc) is 2.24. The SMILES string of the molecule is C=C1CC(C)(C)C/C1=C/C=C\C(C)C. The van der Waals surface area contributed by atoms with Gasteiger partial charge in [0.1, 0.15) is 0 Å². The third-order valence-electron chi connectivity index (χ3n) is 2.61. The van der Waals surface area contributed by atoms with E-state index in [1.165, 1.54) is 17.6 Å². The van der Waals surface area contributed by atoms with E-state index >= 15 is 0 Å². The highest BCUT2D eigenvalue weighted by molar-refractivity contribution is 5.37. The normalized spacial score (nSPS) is 24.4. The van der Waals surface area contributed by atoms with E-state index < -0.39 is 0 Å². The van der Waals surface area contributed by atoms with E-state index in [1.807, 2.05) is 0 Å². The maximum absolute atomic E-state index is 4.13. The first-order valence-corrected chi connectivity index (χ1v) is 5.46. The van der Waals surface area contributed by atoms with Gasteiger partial charge >= 0.3 is 0 Å². The zero-order valence-electron chi connectivity index (χ0n) is 9.93. The van der Waals surface area contributed by atoms with Gasteiger partial charge < -0.3 is 0 Å². The Labute approximate surface area is 88.4 Å². The van der Waals surface area contributed by atoms with Crippen molar-refractivity contribution in [3.05, 3.63) is 36.0 Å². The third kappa shape index (κ3) is 3.17. The summed E-state index contributed by atoms with van der Waals surface area (Å²) >= 11 is 0. The standard InChI is InChI=1S/C14H22/c1-11(2)7-6-8-13-10-14(4,5)9-12(13)3/h6-8,11H,3,9-10H2,1-2,4-5H3/b7-6-,13-8-. The zero-order chi connectivity index (χ0) is 10.8. The van der Waals surface area contributed by atoms with Crippen molar-refractivity contribution in [2.75, 3.05) is 0 Å². The smallest absolute Gasteiger partial charge is 0.0222 e. The van der Waals surface area contributed by atoms with E-state index in [9.17, 15) is 0 Å². The summed E-state index contributed by atoms with van der Waals surface area (Å²) in [5.74, 6) is 0.634. The Bertz CT molecular complexity index is 274. The quantitative estimate of drug-likeness (QED) is 0.601. The molecule has 0 aromatic heterocycles. The van der Waals surface area contributed by atoms with Crippen molar-refractivity contribution in [3.63, 3.8) is 0 Å². The fourth-order valence-corrected chi connectivity index (χ4v) is 1.96. The second-order valence-corrected chi connectivity index (χ2v) is 5.44. The van der Waals surface area contributed by atoms with Gasteiger partial charge in [-0.05, 0) is 29.7 Å². The van der Waals surface area contributed by atoms with Crippen molar-refractivity contribution in [2.45, 2.75) is 40.5 Å². The molecular formula is C14H22. The average molecular weight is 190 g/mol. The highest BCUT2D eigenvalue weighted by Crippen LogP contribution is 2.43. The van der Waals surface area contributed by atoms with Crippen molar-refractivity contribution in [2.24, 2.45) is 11.3 Å². The monoisotopic (exact) mass is 190 g/mol. The molecule has 14 heavy (non-hydrogen) atoms. The minimum Gasteiger partial charge on any atom is -0.0955 e. The summed E-state index contributed by atoms with van der Waals surface area (Å²) in [6.07, 6.45) is 8.96. The molecule has 0 heterocycles. The fraction of sp³-hybridized carbons (Fsp3) is 0.571. The summed E-state index contributed by atoms with van der Waals surface area (Å²) in [5, 5.41) is 0. The molecule has 0 saturated heterocycles. The van der Waals surface area contributed by atoms with Gasteiger partial charge in [-0.25, -0.2) is 0 Å². The first-order valence-electron chi connectivity index (χ1n) is 5.46. The molecule has 78 valence electrons. The molecule has 1 aliphatic rings. The Hall–Kier alpha value is -0.780. The molecule has 0 bridgehead atoms. The van der Waals surface area contributed by atoms with Crippen molar-refractivity contribution in [1.82, 2.24) is 0 Å². The molecule has 1 fully saturated rings. The van der Waals surface area contributed by atoms with Crippen molar-refractivity contribution >= 4 is 0 Å².